The molecule has 612 valence electrons. The molecular weight excluding hydrogens is 1430 g/mol. The van der Waals surface area contributed by atoms with Gasteiger partial charge in [-0.3, -0.25) is 131 Å². The summed E-state index contributed by atoms with van der Waals surface area (Å²) in [6.45, 7) is 1.93. The van der Waals surface area contributed by atoms with Crippen LogP contribution in [-0.2, 0) is 71.9 Å². The molecule has 3 atom stereocenters. The first-order chi connectivity index (χ1) is 51.1. The highest BCUT2D eigenvalue weighted by Crippen LogP contribution is 2.11. The number of nitrogens with zero attached hydrogens (tertiary/aromatic N) is 15. The van der Waals surface area contributed by atoms with Gasteiger partial charge in [-0.25, -0.2) is 0 Å². The highest BCUT2D eigenvalue weighted by molar-refractivity contribution is 5.89. The zero-order valence-electron chi connectivity index (χ0n) is 62.2. The topological polar surface area (TPSA) is 535 Å². The SMILES string of the molecule is CC(C(=O)NCC(=O)N1CCNCCN(C(=O)CNC(=O)C(C)N2CCN(CC(=O)O)CCN(CC(=O)O)CCN(CC(=O)O)CC2)CCN(C(=O)CNC(=O)C(C)N2CCN(CC(=O)O)CCN(CC(=O)O)CCN(CC(=O)O)CC2)CC1)N1CCN(CC(=O)O)CCN(CC(=O)O)CCN(CC(=O)O)CC1. The molecule has 4 saturated heterocycles. The Morgan fingerprint density at radius 2 is 0.389 bits per heavy atom. The van der Waals surface area contributed by atoms with Crippen LogP contribution in [0.1, 0.15) is 20.8 Å². The Labute approximate surface area is 626 Å². The van der Waals surface area contributed by atoms with Crippen LogP contribution in [0.15, 0.2) is 0 Å². The highest BCUT2D eigenvalue weighted by atomic mass is 16.4. The van der Waals surface area contributed by atoms with Crippen LogP contribution >= 0.6 is 0 Å². The molecule has 0 saturated carbocycles. The third-order valence-corrected chi connectivity index (χ3v) is 19.3. The van der Waals surface area contributed by atoms with Gasteiger partial charge in [0.2, 0.25) is 35.4 Å². The number of aliphatic carboxylic acids is 9. The second-order valence-corrected chi connectivity index (χ2v) is 27.2. The molecule has 0 aromatic heterocycles. The van der Waals surface area contributed by atoms with Gasteiger partial charge >= 0.3 is 53.7 Å². The summed E-state index contributed by atoms with van der Waals surface area (Å²) in [6, 6.07) is -2.93. The molecule has 3 unspecified atom stereocenters. The molecular formula is C65H113N19O24. The van der Waals surface area contributed by atoms with Crippen molar-refractivity contribution in [1.29, 1.82) is 0 Å². The molecule has 43 nitrogen and oxygen atoms in total. The average molecular weight is 1540 g/mol. The normalized spacial score (nSPS) is 20.4. The molecule has 4 aliphatic rings. The number of hydrogen-bond acceptors (Lipinski definition) is 28. The predicted molar refractivity (Wildman–Crippen MR) is 381 cm³/mol. The molecule has 4 fully saturated rings. The van der Waals surface area contributed by atoms with Gasteiger partial charge in [-0.15, -0.1) is 0 Å². The van der Waals surface area contributed by atoms with Gasteiger partial charge in [0.1, 0.15) is 0 Å². The van der Waals surface area contributed by atoms with Crippen molar-refractivity contribution < 1.29 is 118 Å². The van der Waals surface area contributed by atoms with Crippen LogP contribution in [0.3, 0.4) is 0 Å². The van der Waals surface area contributed by atoms with Crippen molar-refractivity contribution in [2.45, 2.75) is 38.9 Å². The second-order valence-electron chi connectivity index (χ2n) is 27.2. The van der Waals surface area contributed by atoms with E-state index in [-0.39, 0.29) is 229 Å². The smallest absolute Gasteiger partial charge is 0.317 e. The van der Waals surface area contributed by atoms with Gasteiger partial charge in [-0.2, -0.15) is 0 Å². The van der Waals surface area contributed by atoms with Crippen LogP contribution in [0.4, 0.5) is 0 Å². The Kier molecular flexibility index (Phi) is 41.6. The minimum Gasteiger partial charge on any atom is -0.480 e. The molecule has 0 aromatic rings. The zero-order valence-corrected chi connectivity index (χ0v) is 62.2. The summed E-state index contributed by atoms with van der Waals surface area (Å²) in [4.78, 5) is 216. The first-order valence-electron chi connectivity index (χ1n) is 36.2. The Hall–Kier alpha value is -8.47. The summed E-state index contributed by atoms with van der Waals surface area (Å²) in [6.07, 6.45) is 0. The fourth-order valence-corrected chi connectivity index (χ4v) is 12.8. The summed E-state index contributed by atoms with van der Waals surface area (Å²) in [5, 5.41) is 98.6. The lowest BCUT2D eigenvalue weighted by Crippen LogP contribution is -2.55. The van der Waals surface area contributed by atoms with Crippen molar-refractivity contribution in [2.75, 3.05) is 288 Å². The van der Waals surface area contributed by atoms with E-state index in [0.717, 1.165) is 0 Å². The second kappa shape index (κ2) is 48.8. The van der Waals surface area contributed by atoms with Crippen molar-refractivity contribution in [3.05, 3.63) is 0 Å². The Morgan fingerprint density at radius 1 is 0.241 bits per heavy atom. The molecule has 4 heterocycles. The van der Waals surface area contributed by atoms with E-state index >= 15 is 0 Å². The van der Waals surface area contributed by atoms with E-state index < -0.39 is 166 Å². The number of hydrogen-bond donors (Lipinski definition) is 13. The van der Waals surface area contributed by atoms with Crippen molar-refractivity contribution in [1.82, 2.24) is 94.8 Å². The van der Waals surface area contributed by atoms with E-state index in [2.05, 4.69) is 21.3 Å². The molecule has 4 rings (SSSR count). The Balaban J connectivity index is 1.59. The predicted octanol–water partition coefficient (Wildman–Crippen LogP) is -9.98. The van der Waals surface area contributed by atoms with Crippen LogP contribution in [0.25, 0.3) is 0 Å². The molecule has 0 aromatic carbocycles. The number of amides is 6. The summed E-state index contributed by atoms with van der Waals surface area (Å²) < 4.78 is 0. The molecule has 43 heteroatoms. The summed E-state index contributed by atoms with van der Waals surface area (Å²) in [5.74, 6) is -13.9. The molecule has 108 heavy (non-hydrogen) atoms. The number of carboxylic acid groups (broad SMARTS) is 9. The quantitative estimate of drug-likeness (QED) is 0.0318. The van der Waals surface area contributed by atoms with E-state index in [1.165, 1.54) is 14.7 Å². The minimum atomic E-state index is -1.16. The van der Waals surface area contributed by atoms with Crippen LogP contribution < -0.4 is 21.3 Å². The van der Waals surface area contributed by atoms with Gasteiger partial charge in [0, 0.05) is 209 Å². The number of nitrogens with one attached hydrogen (secondary N) is 4. The molecule has 0 bridgehead atoms. The van der Waals surface area contributed by atoms with Crippen LogP contribution in [0, 0.1) is 0 Å². The number of rotatable bonds is 30. The number of carbonyl (C=O) groups excluding carboxylic acids is 6. The maximum absolute atomic E-state index is 14.6. The summed E-state index contributed by atoms with van der Waals surface area (Å²) >= 11 is 0. The average Bonchev–Trinajstić information content (AvgIpc) is 0.898. The lowest BCUT2D eigenvalue weighted by atomic mass is 10.2. The fraction of sp³-hybridized carbons (Fsp3) is 0.769. The third kappa shape index (κ3) is 37.1. The minimum absolute atomic E-state index is 0.00326. The number of carboxylic acids is 9. The van der Waals surface area contributed by atoms with E-state index in [0.29, 0.717) is 0 Å². The van der Waals surface area contributed by atoms with Gasteiger partial charge in [0.15, 0.2) is 0 Å². The van der Waals surface area contributed by atoms with Crippen molar-refractivity contribution in [2.24, 2.45) is 0 Å². The van der Waals surface area contributed by atoms with Crippen LogP contribution in [-0.4, -0.2) is 515 Å². The van der Waals surface area contributed by atoms with Crippen molar-refractivity contribution in [3.63, 3.8) is 0 Å². The molecule has 6 amide bonds. The first kappa shape index (κ1) is 91.9. The van der Waals surface area contributed by atoms with Gasteiger partial charge in [0.05, 0.1) is 96.7 Å². The fourth-order valence-electron chi connectivity index (χ4n) is 12.8. The van der Waals surface area contributed by atoms with Gasteiger partial charge in [-0.1, -0.05) is 0 Å². The van der Waals surface area contributed by atoms with E-state index in [1.54, 1.807) is 79.6 Å². The Bertz CT molecular complexity index is 2770. The van der Waals surface area contributed by atoms with E-state index in [4.69, 9.17) is 0 Å². The maximum atomic E-state index is 14.6. The van der Waals surface area contributed by atoms with Crippen LogP contribution in [0.5, 0.6) is 0 Å². The van der Waals surface area contributed by atoms with Crippen molar-refractivity contribution in [3.8, 4) is 0 Å². The first-order valence-corrected chi connectivity index (χ1v) is 36.2. The van der Waals surface area contributed by atoms with Gasteiger partial charge < -0.3 is 81.9 Å². The maximum Gasteiger partial charge on any atom is 0.317 e. The van der Waals surface area contributed by atoms with Gasteiger partial charge in [0.25, 0.3) is 0 Å². The number of carbonyl (C=O) groups is 15. The van der Waals surface area contributed by atoms with E-state index in [1.807, 2.05) is 0 Å². The van der Waals surface area contributed by atoms with Gasteiger partial charge in [-0.05, 0) is 20.8 Å². The molecule has 4 aliphatic heterocycles. The summed E-state index contributed by atoms with van der Waals surface area (Å²) in [7, 11) is 0. The van der Waals surface area contributed by atoms with Crippen LogP contribution in [0.2, 0.25) is 0 Å². The lowest BCUT2D eigenvalue weighted by molar-refractivity contribution is -0.141. The Morgan fingerprint density at radius 3 is 0.546 bits per heavy atom. The molecule has 0 spiro atoms. The molecule has 13 N–H and O–H groups in total. The largest absolute Gasteiger partial charge is 0.480 e. The zero-order chi connectivity index (χ0) is 80.0. The lowest BCUT2D eigenvalue weighted by Gasteiger charge is -2.35. The van der Waals surface area contributed by atoms with Crippen molar-refractivity contribution >= 4 is 89.2 Å². The third-order valence-electron chi connectivity index (χ3n) is 19.3. The summed E-state index contributed by atoms with van der Waals surface area (Å²) in [5.41, 5.74) is 0. The molecule has 0 radical (unpaired) electrons. The standard InChI is InChI=1S/C65H113N19O24/c1-48(79-26-20-73(42-57(94)95)14-8-70(39-54(88)89)9-15-74(21-27-79)43-58(96)97)63(106)67-36-51(85)82-6-4-66-5-7-83(52(86)37-68-64(107)49(2)80-28-22-75(44-59(98)99)16-10-71(40-55(90)91)11-17-76(23-29-80)45-60(100)101)33-35-84(34-32-82)53(87)38-69-65(108)50(3)81-30-24-77(46-61(102)103)18-12-72(41-56(92)93)13-19-78(25-31-81)47-62(104)105/h48-50,66H,4-47H2,1-3H3,(H,67,106)(H,68,107)(H,69,108)(H,88,89)(H,90,91)(H,92,93)(H,94,95)(H,96,97)(H,98,99)(H,100,101)(H,102,103)(H,104,105). The monoisotopic (exact) mass is 1540 g/mol. The molecule has 0 aliphatic carbocycles. The highest BCUT2D eigenvalue weighted by Gasteiger charge is 2.32. The van der Waals surface area contributed by atoms with E-state index in [9.17, 15) is 118 Å².